The molecule has 2 aromatic rings. The average Bonchev–Trinajstić information content (AvgIpc) is 2.67. The van der Waals surface area contributed by atoms with Crippen LogP contribution >= 0.6 is 0 Å². The average molecular weight is 386 g/mol. The van der Waals surface area contributed by atoms with E-state index in [9.17, 15) is 18.0 Å². The zero-order valence-corrected chi connectivity index (χ0v) is 15.4. The van der Waals surface area contributed by atoms with Gasteiger partial charge in [-0.1, -0.05) is 30.3 Å². The number of nitriles is 1. The van der Waals surface area contributed by atoms with Crippen LogP contribution in [0.4, 0.5) is 0 Å². The minimum atomic E-state index is -3.74. The second-order valence-electron chi connectivity index (χ2n) is 5.81. The Bertz CT molecular complexity index is 940. The van der Waals surface area contributed by atoms with Crippen LogP contribution in [0.5, 0.6) is 0 Å². The van der Waals surface area contributed by atoms with Gasteiger partial charge in [-0.3, -0.25) is 19.5 Å². The third-order valence-corrected chi connectivity index (χ3v) is 5.27. The van der Waals surface area contributed by atoms with Crippen LogP contribution < -0.4 is 5.32 Å². The highest BCUT2D eigenvalue weighted by molar-refractivity contribution is 7.90. The van der Waals surface area contributed by atoms with E-state index in [1.54, 1.807) is 42.6 Å². The number of hydrogen-bond donors (Lipinski definition) is 1. The SMILES string of the molecule is CN(C#N)C(=O)C(CS(=O)(=O)Cc1ccccc1)NC(=O)c1cccnc1. The van der Waals surface area contributed by atoms with Gasteiger partial charge in [-0.25, -0.2) is 8.42 Å². The zero-order chi connectivity index (χ0) is 19.9. The number of likely N-dealkylation sites (N-methyl/N-ethyl adjacent to an activating group) is 1. The summed E-state index contributed by atoms with van der Waals surface area (Å²) in [5.41, 5.74) is 0.742. The summed E-state index contributed by atoms with van der Waals surface area (Å²) in [6.07, 6.45) is 4.39. The highest BCUT2D eigenvalue weighted by Gasteiger charge is 2.30. The van der Waals surface area contributed by atoms with Crippen molar-refractivity contribution < 1.29 is 18.0 Å². The Morgan fingerprint density at radius 1 is 1.22 bits per heavy atom. The number of carbonyl (C=O) groups excluding carboxylic acids is 2. The lowest BCUT2D eigenvalue weighted by Gasteiger charge is -2.20. The van der Waals surface area contributed by atoms with Gasteiger partial charge in [0.1, 0.15) is 6.04 Å². The largest absolute Gasteiger partial charge is 0.339 e. The molecule has 0 fully saturated rings. The number of amides is 2. The Morgan fingerprint density at radius 3 is 2.52 bits per heavy atom. The lowest BCUT2D eigenvalue weighted by atomic mass is 10.2. The molecular weight excluding hydrogens is 368 g/mol. The summed E-state index contributed by atoms with van der Waals surface area (Å²) in [5.74, 6) is -2.37. The van der Waals surface area contributed by atoms with E-state index in [4.69, 9.17) is 5.26 Å². The second-order valence-corrected chi connectivity index (χ2v) is 7.91. The fraction of sp³-hybridized carbons (Fsp3) is 0.222. The molecule has 140 valence electrons. The predicted molar refractivity (Wildman–Crippen MR) is 97.8 cm³/mol. The smallest absolute Gasteiger partial charge is 0.258 e. The van der Waals surface area contributed by atoms with Gasteiger partial charge in [0.05, 0.1) is 17.1 Å². The van der Waals surface area contributed by atoms with Crippen molar-refractivity contribution in [3.8, 4) is 6.19 Å². The Balaban J connectivity index is 2.20. The molecule has 8 nitrogen and oxygen atoms in total. The summed E-state index contributed by atoms with van der Waals surface area (Å²) >= 11 is 0. The van der Waals surface area contributed by atoms with Crippen LogP contribution in [0.1, 0.15) is 15.9 Å². The summed E-state index contributed by atoms with van der Waals surface area (Å²) < 4.78 is 25.1. The number of pyridine rings is 1. The van der Waals surface area contributed by atoms with Gasteiger partial charge < -0.3 is 5.32 Å². The van der Waals surface area contributed by atoms with Crippen molar-refractivity contribution in [3.63, 3.8) is 0 Å². The summed E-state index contributed by atoms with van der Waals surface area (Å²) in [4.78, 5) is 29.2. The molecular formula is C18H18N4O4S. The maximum Gasteiger partial charge on any atom is 0.258 e. The van der Waals surface area contributed by atoms with E-state index in [0.717, 1.165) is 0 Å². The third-order valence-electron chi connectivity index (χ3n) is 3.66. The lowest BCUT2D eigenvalue weighted by molar-refractivity contribution is -0.128. The van der Waals surface area contributed by atoms with E-state index in [-0.39, 0.29) is 11.3 Å². The van der Waals surface area contributed by atoms with E-state index in [1.165, 1.54) is 25.5 Å². The molecule has 0 aliphatic rings. The minimum absolute atomic E-state index is 0.176. The first kappa shape index (κ1) is 20.1. The van der Waals surface area contributed by atoms with Crippen molar-refractivity contribution in [1.29, 1.82) is 5.26 Å². The molecule has 0 radical (unpaired) electrons. The van der Waals surface area contributed by atoms with Gasteiger partial charge in [0.2, 0.25) is 0 Å². The summed E-state index contributed by atoms with van der Waals surface area (Å²) in [6.45, 7) is 0. The molecule has 0 saturated heterocycles. The third kappa shape index (κ3) is 5.90. The number of rotatable bonds is 7. The Labute approximate surface area is 157 Å². The highest BCUT2D eigenvalue weighted by atomic mass is 32.2. The molecule has 0 bridgehead atoms. The Morgan fingerprint density at radius 2 is 1.93 bits per heavy atom. The van der Waals surface area contributed by atoms with Gasteiger partial charge in [-0.15, -0.1) is 0 Å². The Hall–Kier alpha value is -3.25. The van der Waals surface area contributed by atoms with Crippen molar-refractivity contribution in [2.75, 3.05) is 12.8 Å². The van der Waals surface area contributed by atoms with Crippen molar-refractivity contribution >= 4 is 21.7 Å². The summed E-state index contributed by atoms with van der Waals surface area (Å²) in [6, 6.07) is 10.1. The first-order valence-corrected chi connectivity index (χ1v) is 9.77. The van der Waals surface area contributed by atoms with Crippen molar-refractivity contribution in [2.24, 2.45) is 0 Å². The molecule has 1 aromatic carbocycles. The van der Waals surface area contributed by atoms with Crippen LogP contribution in [0.3, 0.4) is 0 Å². The molecule has 1 N–H and O–H groups in total. The van der Waals surface area contributed by atoms with Crippen molar-refractivity contribution in [1.82, 2.24) is 15.2 Å². The van der Waals surface area contributed by atoms with Crippen molar-refractivity contribution in [3.05, 3.63) is 66.0 Å². The van der Waals surface area contributed by atoms with Gasteiger partial charge in [0.15, 0.2) is 16.0 Å². The molecule has 0 spiro atoms. The molecule has 1 heterocycles. The lowest BCUT2D eigenvalue weighted by Crippen LogP contribution is -2.50. The quantitative estimate of drug-likeness (QED) is 0.553. The van der Waals surface area contributed by atoms with E-state index >= 15 is 0 Å². The first-order chi connectivity index (χ1) is 12.8. The number of benzene rings is 1. The number of hydrogen-bond acceptors (Lipinski definition) is 6. The molecule has 2 rings (SSSR count). The molecule has 1 unspecified atom stereocenters. The van der Waals surface area contributed by atoms with Crippen LogP contribution in [0.15, 0.2) is 54.9 Å². The maximum absolute atomic E-state index is 12.5. The molecule has 0 aliphatic carbocycles. The van der Waals surface area contributed by atoms with Gasteiger partial charge in [-0.05, 0) is 17.7 Å². The van der Waals surface area contributed by atoms with Crippen LogP contribution in [-0.2, 0) is 20.4 Å². The van der Waals surface area contributed by atoms with Gasteiger partial charge in [-0.2, -0.15) is 5.26 Å². The molecule has 0 saturated carbocycles. The molecule has 0 aliphatic heterocycles. The summed E-state index contributed by atoms with van der Waals surface area (Å²) in [7, 11) is -2.53. The van der Waals surface area contributed by atoms with E-state index in [2.05, 4.69) is 10.3 Å². The molecule has 1 atom stereocenters. The number of sulfone groups is 1. The van der Waals surface area contributed by atoms with Crippen LogP contribution in [0.25, 0.3) is 0 Å². The second kappa shape index (κ2) is 8.91. The van der Waals surface area contributed by atoms with Gasteiger partial charge in [0.25, 0.3) is 11.8 Å². The predicted octanol–water partition coefficient (Wildman–Crippen LogP) is 0.734. The Kier molecular flexibility index (Phi) is 6.62. The maximum atomic E-state index is 12.5. The molecule has 2 amide bonds. The standard InChI is InChI=1S/C18H18N4O4S/c1-22(13-19)18(24)16(21-17(23)15-8-5-9-20-10-15)12-27(25,26)11-14-6-3-2-4-7-14/h2-10,16H,11-12H2,1H3,(H,21,23). The van der Waals surface area contributed by atoms with Crippen molar-refractivity contribution in [2.45, 2.75) is 11.8 Å². The van der Waals surface area contributed by atoms with E-state index in [1.807, 2.05) is 0 Å². The van der Waals surface area contributed by atoms with Crippen LogP contribution in [0.2, 0.25) is 0 Å². The minimum Gasteiger partial charge on any atom is -0.339 e. The number of aromatic nitrogens is 1. The van der Waals surface area contributed by atoms with Gasteiger partial charge in [0, 0.05) is 19.4 Å². The van der Waals surface area contributed by atoms with Gasteiger partial charge >= 0.3 is 0 Å². The topological polar surface area (TPSA) is 120 Å². The zero-order valence-electron chi connectivity index (χ0n) is 14.6. The van der Waals surface area contributed by atoms with E-state index in [0.29, 0.717) is 10.5 Å². The van der Waals surface area contributed by atoms with Crippen LogP contribution in [0, 0.1) is 11.5 Å². The van der Waals surface area contributed by atoms with Crippen LogP contribution in [-0.4, -0.2) is 49.0 Å². The monoisotopic (exact) mass is 386 g/mol. The number of nitrogens with zero attached hydrogens (tertiary/aromatic N) is 3. The highest BCUT2D eigenvalue weighted by Crippen LogP contribution is 2.09. The fourth-order valence-corrected chi connectivity index (χ4v) is 3.89. The summed E-state index contributed by atoms with van der Waals surface area (Å²) in [5, 5.41) is 11.3. The molecule has 1 aromatic heterocycles. The van der Waals surface area contributed by atoms with E-state index < -0.39 is 33.4 Å². The number of nitrogens with one attached hydrogen (secondary N) is 1. The molecule has 9 heteroatoms. The number of carbonyl (C=O) groups is 2. The normalized spacial score (nSPS) is 11.9. The molecule has 27 heavy (non-hydrogen) atoms. The first-order valence-electron chi connectivity index (χ1n) is 7.95. The fourth-order valence-electron chi connectivity index (χ4n) is 2.34.